The lowest BCUT2D eigenvalue weighted by Crippen LogP contribution is -2.39. The van der Waals surface area contributed by atoms with Crippen LogP contribution >= 0.6 is 0 Å². The Kier molecular flexibility index (Phi) is 3.88. The fourth-order valence-electron chi connectivity index (χ4n) is 2.84. The first-order chi connectivity index (χ1) is 9.29. The molecule has 1 aromatic heterocycles. The van der Waals surface area contributed by atoms with Crippen LogP contribution in [-0.4, -0.2) is 29.1 Å². The molecule has 1 fully saturated rings. The zero-order valence-corrected chi connectivity index (χ0v) is 12.4. The maximum Gasteiger partial charge on any atom is 0.339 e. The molecule has 1 aliphatic heterocycles. The number of aromatic nitrogens is 1. The molecule has 0 unspecified atom stereocenters. The lowest BCUT2D eigenvalue weighted by Gasteiger charge is -2.39. The van der Waals surface area contributed by atoms with Crippen molar-refractivity contribution in [1.29, 1.82) is 0 Å². The third kappa shape index (κ3) is 3.03. The number of carboxylic acids is 1. The summed E-state index contributed by atoms with van der Waals surface area (Å²) in [4.78, 5) is 17.6. The maximum atomic E-state index is 11.3. The Morgan fingerprint density at radius 2 is 2.00 bits per heavy atom. The van der Waals surface area contributed by atoms with Gasteiger partial charge in [-0.25, -0.2) is 9.78 Å². The smallest absolute Gasteiger partial charge is 0.339 e. The fourth-order valence-corrected chi connectivity index (χ4v) is 2.84. The molecule has 110 valence electrons. The Labute approximate surface area is 119 Å². The Hall–Kier alpha value is -1.78. The highest BCUT2D eigenvalue weighted by Crippen LogP contribution is 2.35. The van der Waals surface area contributed by atoms with E-state index in [0.29, 0.717) is 22.8 Å². The van der Waals surface area contributed by atoms with E-state index in [1.54, 1.807) is 0 Å². The predicted molar refractivity (Wildman–Crippen MR) is 80.0 cm³/mol. The number of hydrogen-bond acceptors (Lipinski definition) is 4. The number of aromatic carboxylic acids is 1. The van der Waals surface area contributed by atoms with Gasteiger partial charge in [-0.2, -0.15) is 0 Å². The maximum absolute atomic E-state index is 11.3. The number of hydrogen-bond donors (Lipinski definition) is 2. The number of rotatable bonds is 2. The molecule has 0 radical (unpaired) electrons. The van der Waals surface area contributed by atoms with Crippen LogP contribution in [0.3, 0.4) is 0 Å². The van der Waals surface area contributed by atoms with Crippen LogP contribution < -0.4 is 10.6 Å². The molecule has 2 rings (SSSR count). The number of anilines is 2. The van der Waals surface area contributed by atoms with Crippen LogP contribution in [0.2, 0.25) is 0 Å². The monoisotopic (exact) mass is 277 g/mol. The number of nitrogen functional groups attached to an aromatic ring is 1. The summed E-state index contributed by atoms with van der Waals surface area (Å²) in [5.41, 5.74) is 6.51. The van der Waals surface area contributed by atoms with Crippen LogP contribution in [0.15, 0.2) is 12.3 Å². The Morgan fingerprint density at radius 1 is 1.40 bits per heavy atom. The SMILES string of the molecule is CC(C)(C)C1CCN(c2ncc(N)cc2C(=O)O)CC1. The molecule has 20 heavy (non-hydrogen) atoms. The van der Waals surface area contributed by atoms with Crippen molar-refractivity contribution in [2.75, 3.05) is 23.7 Å². The Bertz CT molecular complexity index is 500. The third-order valence-electron chi connectivity index (χ3n) is 4.14. The summed E-state index contributed by atoms with van der Waals surface area (Å²) in [5.74, 6) is 0.234. The average molecular weight is 277 g/mol. The van der Waals surface area contributed by atoms with E-state index in [0.717, 1.165) is 25.9 Å². The van der Waals surface area contributed by atoms with E-state index in [9.17, 15) is 9.90 Å². The molecule has 5 heteroatoms. The van der Waals surface area contributed by atoms with Gasteiger partial charge in [0.05, 0.1) is 11.9 Å². The number of carboxylic acid groups (broad SMARTS) is 1. The van der Waals surface area contributed by atoms with Gasteiger partial charge in [0, 0.05) is 13.1 Å². The molecule has 0 aromatic carbocycles. The van der Waals surface area contributed by atoms with Crippen molar-refractivity contribution in [3.63, 3.8) is 0 Å². The van der Waals surface area contributed by atoms with Gasteiger partial charge in [-0.1, -0.05) is 20.8 Å². The minimum atomic E-state index is -0.974. The van der Waals surface area contributed by atoms with Gasteiger partial charge in [-0.3, -0.25) is 0 Å². The number of piperidine rings is 1. The van der Waals surface area contributed by atoms with Crippen LogP contribution in [0.4, 0.5) is 11.5 Å². The van der Waals surface area contributed by atoms with Crippen molar-refractivity contribution < 1.29 is 9.90 Å². The summed E-state index contributed by atoms with van der Waals surface area (Å²) >= 11 is 0. The van der Waals surface area contributed by atoms with Gasteiger partial charge in [0.15, 0.2) is 0 Å². The highest BCUT2D eigenvalue weighted by molar-refractivity contribution is 5.94. The molecule has 0 aliphatic carbocycles. The van der Waals surface area contributed by atoms with Crippen molar-refractivity contribution in [3.05, 3.63) is 17.8 Å². The van der Waals surface area contributed by atoms with Crippen molar-refractivity contribution in [3.8, 4) is 0 Å². The first-order valence-corrected chi connectivity index (χ1v) is 7.03. The van der Waals surface area contributed by atoms with E-state index < -0.39 is 5.97 Å². The van der Waals surface area contributed by atoms with Crippen molar-refractivity contribution in [2.45, 2.75) is 33.6 Å². The third-order valence-corrected chi connectivity index (χ3v) is 4.14. The number of carbonyl (C=O) groups is 1. The Morgan fingerprint density at radius 3 is 2.50 bits per heavy atom. The average Bonchev–Trinajstić information content (AvgIpc) is 2.37. The zero-order chi connectivity index (χ0) is 14.9. The number of nitrogens with zero attached hydrogens (tertiary/aromatic N) is 2. The molecule has 1 saturated heterocycles. The molecule has 1 aromatic rings. The van der Waals surface area contributed by atoms with E-state index >= 15 is 0 Å². The van der Waals surface area contributed by atoms with Crippen LogP contribution in [-0.2, 0) is 0 Å². The molecule has 3 N–H and O–H groups in total. The van der Waals surface area contributed by atoms with Gasteiger partial charge in [0.25, 0.3) is 0 Å². The van der Waals surface area contributed by atoms with Gasteiger partial charge < -0.3 is 15.7 Å². The van der Waals surface area contributed by atoms with Crippen molar-refractivity contribution in [2.24, 2.45) is 11.3 Å². The quantitative estimate of drug-likeness (QED) is 0.868. The highest BCUT2D eigenvalue weighted by atomic mass is 16.4. The van der Waals surface area contributed by atoms with E-state index in [-0.39, 0.29) is 5.56 Å². The van der Waals surface area contributed by atoms with E-state index in [4.69, 9.17) is 5.73 Å². The zero-order valence-electron chi connectivity index (χ0n) is 12.4. The number of nitrogens with two attached hydrogens (primary N) is 1. The van der Waals surface area contributed by atoms with Crippen LogP contribution in [0.5, 0.6) is 0 Å². The molecule has 0 spiro atoms. The standard InChI is InChI=1S/C15H23N3O2/c1-15(2,3)10-4-6-18(7-5-10)13-12(14(19)20)8-11(16)9-17-13/h8-10H,4-7,16H2,1-3H3,(H,19,20). The predicted octanol–water partition coefficient (Wildman–Crippen LogP) is 2.62. The van der Waals surface area contributed by atoms with Crippen molar-refractivity contribution >= 4 is 17.5 Å². The summed E-state index contributed by atoms with van der Waals surface area (Å²) < 4.78 is 0. The Balaban J connectivity index is 2.17. The van der Waals surface area contributed by atoms with E-state index in [2.05, 4.69) is 30.7 Å². The molecule has 0 amide bonds. The lowest BCUT2D eigenvalue weighted by atomic mass is 9.75. The van der Waals surface area contributed by atoms with Gasteiger partial charge in [-0.05, 0) is 30.2 Å². The molecular weight excluding hydrogens is 254 g/mol. The van der Waals surface area contributed by atoms with Crippen molar-refractivity contribution in [1.82, 2.24) is 4.98 Å². The molecule has 0 atom stereocenters. The minimum Gasteiger partial charge on any atom is -0.478 e. The summed E-state index contributed by atoms with van der Waals surface area (Å²) in [6.07, 6.45) is 3.65. The van der Waals surface area contributed by atoms with Crippen LogP contribution in [0, 0.1) is 11.3 Å². The molecule has 1 aliphatic rings. The minimum absolute atomic E-state index is 0.194. The van der Waals surface area contributed by atoms with Gasteiger partial charge >= 0.3 is 5.97 Å². The number of pyridine rings is 1. The van der Waals surface area contributed by atoms with Crippen LogP contribution in [0.1, 0.15) is 44.0 Å². The first-order valence-electron chi connectivity index (χ1n) is 7.03. The second-order valence-electron chi connectivity index (χ2n) is 6.57. The second-order valence-corrected chi connectivity index (χ2v) is 6.57. The molecule has 2 heterocycles. The summed E-state index contributed by atoms with van der Waals surface area (Å²) in [5, 5.41) is 9.28. The first kappa shape index (κ1) is 14.6. The summed E-state index contributed by atoms with van der Waals surface area (Å²) in [7, 11) is 0. The second kappa shape index (κ2) is 5.31. The topological polar surface area (TPSA) is 79.5 Å². The van der Waals surface area contributed by atoms with Crippen LogP contribution in [0.25, 0.3) is 0 Å². The molecular formula is C15H23N3O2. The summed E-state index contributed by atoms with van der Waals surface area (Å²) in [6, 6.07) is 1.49. The van der Waals surface area contributed by atoms with E-state index in [1.807, 2.05) is 0 Å². The largest absolute Gasteiger partial charge is 0.478 e. The molecule has 0 saturated carbocycles. The van der Waals surface area contributed by atoms with Gasteiger partial charge in [0.1, 0.15) is 11.4 Å². The summed E-state index contributed by atoms with van der Waals surface area (Å²) in [6.45, 7) is 8.48. The molecule has 0 bridgehead atoms. The van der Waals surface area contributed by atoms with Gasteiger partial charge in [0.2, 0.25) is 0 Å². The van der Waals surface area contributed by atoms with E-state index in [1.165, 1.54) is 12.3 Å². The molecule has 5 nitrogen and oxygen atoms in total. The van der Waals surface area contributed by atoms with Gasteiger partial charge in [-0.15, -0.1) is 0 Å². The lowest BCUT2D eigenvalue weighted by molar-refractivity contribution is 0.0697. The normalized spacial score (nSPS) is 17.2. The highest BCUT2D eigenvalue weighted by Gasteiger charge is 2.30. The fraction of sp³-hybridized carbons (Fsp3) is 0.600.